The largest absolute Gasteiger partial charge is 0.350 e. The SMILES string of the molecule is CNCCCC(=O)NCc1nc(C2CC2)cs1. The Balaban J connectivity index is 1.67. The highest BCUT2D eigenvalue weighted by molar-refractivity contribution is 7.09. The van der Waals surface area contributed by atoms with Crippen LogP contribution in [0.1, 0.15) is 42.3 Å². The van der Waals surface area contributed by atoms with Crippen molar-refractivity contribution in [3.8, 4) is 0 Å². The van der Waals surface area contributed by atoms with Crippen molar-refractivity contribution in [2.75, 3.05) is 13.6 Å². The molecular weight excluding hydrogens is 234 g/mol. The highest BCUT2D eigenvalue weighted by Crippen LogP contribution is 2.40. The van der Waals surface area contributed by atoms with Crippen LogP contribution in [0.15, 0.2) is 5.38 Å². The summed E-state index contributed by atoms with van der Waals surface area (Å²) in [4.78, 5) is 16.0. The molecule has 1 amide bonds. The Morgan fingerprint density at radius 3 is 3.12 bits per heavy atom. The van der Waals surface area contributed by atoms with Gasteiger partial charge in [0.25, 0.3) is 0 Å². The van der Waals surface area contributed by atoms with Gasteiger partial charge in [-0.15, -0.1) is 11.3 Å². The van der Waals surface area contributed by atoms with E-state index in [-0.39, 0.29) is 5.91 Å². The number of hydrogen-bond acceptors (Lipinski definition) is 4. The van der Waals surface area contributed by atoms with Gasteiger partial charge in [-0.05, 0) is 32.9 Å². The van der Waals surface area contributed by atoms with E-state index >= 15 is 0 Å². The molecule has 0 radical (unpaired) electrons. The van der Waals surface area contributed by atoms with Crippen molar-refractivity contribution in [3.05, 3.63) is 16.1 Å². The topological polar surface area (TPSA) is 54.0 Å². The lowest BCUT2D eigenvalue weighted by molar-refractivity contribution is -0.121. The van der Waals surface area contributed by atoms with E-state index in [1.165, 1.54) is 18.5 Å². The first-order valence-corrected chi connectivity index (χ1v) is 7.03. The Morgan fingerprint density at radius 1 is 1.59 bits per heavy atom. The first-order chi connectivity index (χ1) is 8.29. The summed E-state index contributed by atoms with van der Waals surface area (Å²) in [5.41, 5.74) is 1.22. The van der Waals surface area contributed by atoms with Gasteiger partial charge in [0.05, 0.1) is 12.2 Å². The summed E-state index contributed by atoms with van der Waals surface area (Å²) >= 11 is 1.65. The zero-order valence-electron chi connectivity index (χ0n) is 10.2. The Hall–Kier alpha value is -0.940. The molecule has 1 heterocycles. The van der Waals surface area contributed by atoms with Crippen molar-refractivity contribution < 1.29 is 4.79 Å². The number of carbonyl (C=O) groups is 1. The van der Waals surface area contributed by atoms with Crippen LogP contribution in [0.4, 0.5) is 0 Å². The summed E-state index contributed by atoms with van der Waals surface area (Å²) in [5.74, 6) is 0.815. The molecule has 0 spiro atoms. The molecule has 5 heteroatoms. The summed E-state index contributed by atoms with van der Waals surface area (Å²) in [6.45, 7) is 1.46. The Morgan fingerprint density at radius 2 is 2.41 bits per heavy atom. The van der Waals surface area contributed by atoms with Crippen LogP contribution >= 0.6 is 11.3 Å². The number of nitrogens with zero attached hydrogens (tertiary/aromatic N) is 1. The molecule has 0 aliphatic heterocycles. The maximum Gasteiger partial charge on any atom is 0.220 e. The third-order valence-electron chi connectivity index (χ3n) is 2.83. The lowest BCUT2D eigenvalue weighted by Crippen LogP contribution is -2.23. The molecule has 0 atom stereocenters. The zero-order chi connectivity index (χ0) is 12.1. The van der Waals surface area contributed by atoms with E-state index in [0.717, 1.165) is 18.0 Å². The van der Waals surface area contributed by atoms with Gasteiger partial charge in [0.15, 0.2) is 0 Å². The van der Waals surface area contributed by atoms with Crippen molar-refractivity contribution >= 4 is 17.2 Å². The number of amides is 1. The van der Waals surface area contributed by atoms with Crippen molar-refractivity contribution in [1.82, 2.24) is 15.6 Å². The Labute approximate surface area is 106 Å². The number of aromatic nitrogens is 1. The molecule has 17 heavy (non-hydrogen) atoms. The van der Waals surface area contributed by atoms with Gasteiger partial charge < -0.3 is 10.6 Å². The zero-order valence-corrected chi connectivity index (χ0v) is 11.0. The van der Waals surface area contributed by atoms with Crippen LogP contribution in [-0.4, -0.2) is 24.5 Å². The van der Waals surface area contributed by atoms with Gasteiger partial charge >= 0.3 is 0 Å². The maximum atomic E-state index is 11.5. The standard InChI is InChI=1S/C12H19N3OS/c1-13-6-2-3-11(16)14-7-12-15-10(8-17-12)9-4-5-9/h8-9,13H,2-7H2,1H3,(H,14,16). The van der Waals surface area contributed by atoms with Crippen molar-refractivity contribution in [1.29, 1.82) is 0 Å². The summed E-state index contributed by atoms with van der Waals surface area (Å²) in [6.07, 6.45) is 4.02. The van der Waals surface area contributed by atoms with Crippen LogP contribution in [0.5, 0.6) is 0 Å². The minimum Gasteiger partial charge on any atom is -0.350 e. The van der Waals surface area contributed by atoms with Gasteiger partial charge in [-0.25, -0.2) is 4.98 Å². The molecule has 94 valence electrons. The van der Waals surface area contributed by atoms with E-state index < -0.39 is 0 Å². The normalized spacial score (nSPS) is 14.9. The molecule has 4 nitrogen and oxygen atoms in total. The molecule has 0 saturated heterocycles. The minimum absolute atomic E-state index is 0.114. The highest BCUT2D eigenvalue weighted by atomic mass is 32.1. The second-order valence-corrected chi connectivity index (χ2v) is 5.37. The first kappa shape index (κ1) is 12.5. The number of hydrogen-bond donors (Lipinski definition) is 2. The average Bonchev–Trinajstić information content (AvgIpc) is 3.07. The highest BCUT2D eigenvalue weighted by Gasteiger charge is 2.25. The first-order valence-electron chi connectivity index (χ1n) is 6.15. The minimum atomic E-state index is 0.114. The molecule has 0 bridgehead atoms. The third-order valence-corrected chi connectivity index (χ3v) is 3.70. The molecule has 0 aromatic carbocycles. The average molecular weight is 253 g/mol. The fourth-order valence-electron chi connectivity index (χ4n) is 1.66. The lowest BCUT2D eigenvalue weighted by Gasteiger charge is -2.02. The predicted octanol–water partition coefficient (Wildman–Crippen LogP) is 1.64. The molecule has 0 unspecified atom stereocenters. The molecule has 1 fully saturated rings. The molecule has 2 N–H and O–H groups in total. The predicted molar refractivity (Wildman–Crippen MR) is 69.1 cm³/mol. The van der Waals surface area contributed by atoms with Gasteiger partial charge in [0, 0.05) is 17.7 Å². The number of thiazole rings is 1. The van der Waals surface area contributed by atoms with Crippen LogP contribution < -0.4 is 10.6 Å². The van der Waals surface area contributed by atoms with Crippen molar-refractivity contribution in [3.63, 3.8) is 0 Å². The Kier molecular flexibility index (Phi) is 4.50. The van der Waals surface area contributed by atoms with E-state index in [2.05, 4.69) is 21.0 Å². The summed E-state index contributed by atoms with van der Waals surface area (Å²) < 4.78 is 0. The van der Waals surface area contributed by atoms with E-state index in [0.29, 0.717) is 18.9 Å². The van der Waals surface area contributed by atoms with Gasteiger partial charge in [0.2, 0.25) is 5.91 Å². The van der Waals surface area contributed by atoms with E-state index in [4.69, 9.17) is 0 Å². The summed E-state index contributed by atoms with van der Waals surface area (Å²) in [5, 5.41) is 9.09. The maximum absolute atomic E-state index is 11.5. The summed E-state index contributed by atoms with van der Waals surface area (Å²) in [7, 11) is 1.90. The second-order valence-electron chi connectivity index (χ2n) is 4.42. The number of rotatable bonds is 7. The molecule has 1 aliphatic rings. The Bertz CT molecular complexity index is 374. The van der Waals surface area contributed by atoms with Gasteiger partial charge in [-0.2, -0.15) is 0 Å². The fourth-order valence-corrected chi connectivity index (χ4v) is 2.48. The molecule has 2 rings (SSSR count). The van der Waals surface area contributed by atoms with Crippen molar-refractivity contribution in [2.45, 2.75) is 38.1 Å². The monoisotopic (exact) mass is 253 g/mol. The quantitative estimate of drug-likeness (QED) is 0.726. The molecule has 1 saturated carbocycles. The fraction of sp³-hybridized carbons (Fsp3) is 0.667. The molecule has 1 aromatic heterocycles. The van der Waals surface area contributed by atoms with E-state index in [9.17, 15) is 4.79 Å². The van der Waals surface area contributed by atoms with E-state index in [1.54, 1.807) is 11.3 Å². The van der Waals surface area contributed by atoms with Crippen LogP contribution in [0.3, 0.4) is 0 Å². The van der Waals surface area contributed by atoms with Gasteiger partial charge in [-0.3, -0.25) is 4.79 Å². The van der Waals surface area contributed by atoms with Crippen LogP contribution in [-0.2, 0) is 11.3 Å². The van der Waals surface area contributed by atoms with Crippen LogP contribution in [0, 0.1) is 0 Å². The van der Waals surface area contributed by atoms with E-state index in [1.807, 2.05) is 7.05 Å². The van der Waals surface area contributed by atoms with Crippen molar-refractivity contribution in [2.24, 2.45) is 0 Å². The number of nitrogens with one attached hydrogen (secondary N) is 2. The van der Waals surface area contributed by atoms with Crippen LogP contribution in [0.25, 0.3) is 0 Å². The smallest absolute Gasteiger partial charge is 0.220 e. The summed E-state index contributed by atoms with van der Waals surface area (Å²) in [6, 6.07) is 0. The molecule has 1 aliphatic carbocycles. The van der Waals surface area contributed by atoms with Gasteiger partial charge in [0.1, 0.15) is 5.01 Å². The molecule has 1 aromatic rings. The third kappa shape index (κ3) is 4.09. The lowest BCUT2D eigenvalue weighted by atomic mass is 10.3. The van der Waals surface area contributed by atoms with Crippen LogP contribution in [0.2, 0.25) is 0 Å². The second kappa shape index (κ2) is 6.12. The van der Waals surface area contributed by atoms with Gasteiger partial charge in [-0.1, -0.05) is 0 Å². The molecular formula is C12H19N3OS. The number of carbonyl (C=O) groups excluding carboxylic acids is 1.